The summed E-state index contributed by atoms with van der Waals surface area (Å²) in [5, 5.41) is 17.9. The van der Waals surface area contributed by atoms with Crippen LogP contribution in [0.1, 0.15) is 116 Å². The molecule has 5 nitrogen and oxygen atoms in total. The molecule has 29 heavy (non-hydrogen) atoms. The maximum absolute atomic E-state index is 10.4. The normalized spacial score (nSPS) is 12.3. The molecule has 0 saturated carbocycles. The number of ether oxygens (including phenoxy) is 2. The van der Waals surface area contributed by atoms with Crippen LogP contribution < -0.4 is 0 Å². The SMILES string of the molecule is CCCCCCCCCCCCCCCCOC[C@H](CO)OCCCCC(=O)O. The van der Waals surface area contributed by atoms with E-state index in [0.717, 1.165) is 13.0 Å². The number of aliphatic hydroxyl groups excluding tert-OH is 1. The molecule has 0 rings (SSSR count). The highest BCUT2D eigenvalue weighted by Gasteiger charge is 2.08. The van der Waals surface area contributed by atoms with Gasteiger partial charge in [-0.05, 0) is 19.3 Å². The van der Waals surface area contributed by atoms with Crippen LogP contribution in [0.5, 0.6) is 0 Å². The van der Waals surface area contributed by atoms with Crippen LogP contribution in [0, 0.1) is 0 Å². The molecule has 0 amide bonds. The summed E-state index contributed by atoms with van der Waals surface area (Å²) in [6.45, 7) is 3.81. The van der Waals surface area contributed by atoms with E-state index in [0.29, 0.717) is 26.1 Å². The minimum absolute atomic E-state index is 0.0579. The number of aliphatic carboxylic acids is 1. The van der Waals surface area contributed by atoms with E-state index in [1.165, 1.54) is 83.5 Å². The maximum atomic E-state index is 10.4. The summed E-state index contributed by atoms with van der Waals surface area (Å²) in [4.78, 5) is 10.4. The zero-order chi connectivity index (χ0) is 21.4. The molecule has 2 N–H and O–H groups in total. The second-order valence-electron chi connectivity index (χ2n) is 8.20. The molecule has 0 fully saturated rings. The second kappa shape index (κ2) is 23.6. The minimum Gasteiger partial charge on any atom is -0.481 e. The molecule has 5 heteroatoms. The lowest BCUT2D eigenvalue weighted by molar-refractivity contribution is -0.137. The first-order chi connectivity index (χ1) is 14.2. The summed E-state index contributed by atoms with van der Waals surface area (Å²) < 4.78 is 11.1. The second-order valence-corrected chi connectivity index (χ2v) is 8.20. The number of unbranched alkanes of at least 4 members (excludes halogenated alkanes) is 14. The quantitative estimate of drug-likeness (QED) is 0.185. The smallest absolute Gasteiger partial charge is 0.303 e. The van der Waals surface area contributed by atoms with Crippen molar-refractivity contribution < 1.29 is 24.5 Å². The molecule has 1 atom stereocenters. The van der Waals surface area contributed by atoms with Crippen LogP contribution >= 0.6 is 0 Å². The highest BCUT2D eigenvalue weighted by Crippen LogP contribution is 2.13. The van der Waals surface area contributed by atoms with Gasteiger partial charge < -0.3 is 19.7 Å². The standard InChI is InChI=1S/C24H48O5/c1-2-3-4-5-6-7-8-9-10-11-12-13-14-16-19-28-22-23(21-25)29-20-17-15-18-24(26)27/h23,25H,2-22H2,1H3,(H,26,27)/t23-/m0/s1. The van der Waals surface area contributed by atoms with Crippen molar-refractivity contribution in [2.75, 3.05) is 26.4 Å². The lowest BCUT2D eigenvalue weighted by atomic mass is 10.0. The Morgan fingerprint density at radius 3 is 1.69 bits per heavy atom. The lowest BCUT2D eigenvalue weighted by Gasteiger charge is -2.15. The molecule has 0 aromatic carbocycles. The number of aliphatic hydroxyl groups is 1. The molecular formula is C24H48O5. The number of carboxylic acid groups (broad SMARTS) is 1. The van der Waals surface area contributed by atoms with Gasteiger partial charge in [-0.25, -0.2) is 0 Å². The Hall–Kier alpha value is -0.650. The number of hydrogen-bond acceptors (Lipinski definition) is 4. The van der Waals surface area contributed by atoms with E-state index in [1.54, 1.807) is 0 Å². The van der Waals surface area contributed by atoms with Gasteiger partial charge >= 0.3 is 5.97 Å². The van der Waals surface area contributed by atoms with E-state index < -0.39 is 5.97 Å². The van der Waals surface area contributed by atoms with E-state index in [2.05, 4.69) is 6.92 Å². The van der Waals surface area contributed by atoms with E-state index in [4.69, 9.17) is 14.6 Å². The molecule has 0 spiro atoms. The van der Waals surface area contributed by atoms with Crippen molar-refractivity contribution in [3.8, 4) is 0 Å². The van der Waals surface area contributed by atoms with Crippen molar-refractivity contribution in [2.45, 2.75) is 122 Å². The fourth-order valence-electron chi connectivity index (χ4n) is 3.40. The zero-order valence-corrected chi connectivity index (χ0v) is 19.0. The number of rotatable bonds is 24. The van der Waals surface area contributed by atoms with Crippen LogP contribution in [0.3, 0.4) is 0 Å². The van der Waals surface area contributed by atoms with Gasteiger partial charge in [0.25, 0.3) is 0 Å². The first-order valence-electron chi connectivity index (χ1n) is 12.2. The molecule has 0 radical (unpaired) electrons. The Morgan fingerprint density at radius 1 is 0.724 bits per heavy atom. The van der Waals surface area contributed by atoms with Crippen molar-refractivity contribution in [2.24, 2.45) is 0 Å². The van der Waals surface area contributed by atoms with Gasteiger partial charge in [-0.2, -0.15) is 0 Å². The van der Waals surface area contributed by atoms with Crippen molar-refractivity contribution in [3.63, 3.8) is 0 Å². The van der Waals surface area contributed by atoms with Crippen LogP contribution in [0.4, 0.5) is 0 Å². The van der Waals surface area contributed by atoms with Gasteiger partial charge in [-0.15, -0.1) is 0 Å². The van der Waals surface area contributed by atoms with Gasteiger partial charge in [-0.1, -0.05) is 90.4 Å². The average Bonchev–Trinajstić information content (AvgIpc) is 2.71. The molecule has 0 aliphatic rings. The summed E-state index contributed by atoms with van der Waals surface area (Å²) in [5.41, 5.74) is 0. The number of carboxylic acids is 1. The van der Waals surface area contributed by atoms with E-state index in [1.807, 2.05) is 0 Å². The first kappa shape index (κ1) is 28.4. The van der Waals surface area contributed by atoms with Crippen LogP contribution in [0.2, 0.25) is 0 Å². The van der Waals surface area contributed by atoms with Crippen molar-refractivity contribution in [3.05, 3.63) is 0 Å². The van der Waals surface area contributed by atoms with Crippen LogP contribution in [0.25, 0.3) is 0 Å². The summed E-state index contributed by atoms with van der Waals surface area (Å²) in [6, 6.07) is 0. The number of hydrogen-bond donors (Lipinski definition) is 2. The molecule has 0 aliphatic carbocycles. The van der Waals surface area contributed by atoms with Gasteiger partial charge in [0.05, 0.1) is 13.2 Å². The van der Waals surface area contributed by atoms with E-state index in [9.17, 15) is 9.90 Å². The lowest BCUT2D eigenvalue weighted by Crippen LogP contribution is -2.24. The van der Waals surface area contributed by atoms with Crippen molar-refractivity contribution >= 4 is 5.97 Å². The van der Waals surface area contributed by atoms with Crippen molar-refractivity contribution in [1.82, 2.24) is 0 Å². The molecular weight excluding hydrogens is 368 g/mol. The Morgan fingerprint density at radius 2 is 1.21 bits per heavy atom. The summed E-state index contributed by atoms with van der Waals surface area (Å²) >= 11 is 0. The molecule has 0 aromatic heterocycles. The first-order valence-corrected chi connectivity index (χ1v) is 12.2. The highest BCUT2D eigenvalue weighted by atomic mass is 16.5. The third-order valence-electron chi connectivity index (χ3n) is 5.29. The third kappa shape index (κ3) is 23.5. The molecule has 0 unspecified atom stereocenters. The third-order valence-corrected chi connectivity index (χ3v) is 5.29. The van der Waals surface area contributed by atoms with Crippen molar-refractivity contribution in [1.29, 1.82) is 0 Å². The molecule has 0 bridgehead atoms. The predicted molar refractivity (Wildman–Crippen MR) is 119 cm³/mol. The van der Waals surface area contributed by atoms with Gasteiger partial charge in [0, 0.05) is 19.6 Å². The average molecular weight is 417 g/mol. The molecule has 0 aliphatic heterocycles. The Bertz CT molecular complexity index is 335. The van der Waals surface area contributed by atoms with Gasteiger partial charge in [0.15, 0.2) is 0 Å². The molecule has 174 valence electrons. The van der Waals surface area contributed by atoms with E-state index in [-0.39, 0.29) is 19.1 Å². The fourth-order valence-corrected chi connectivity index (χ4v) is 3.40. The summed E-state index contributed by atoms with van der Waals surface area (Å²) in [6.07, 6.45) is 20.0. The fraction of sp³-hybridized carbons (Fsp3) is 0.958. The Balaban J connectivity index is 3.24. The van der Waals surface area contributed by atoms with Crippen LogP contribution in [-0.2, 0) is 14.3 Å². The van der Waals surface area contributed by atoms with Gasteiger partial charge in [0.2, 0.25) is 0 Å². The summed E-state index contributed by atoms with van der Waals surface area (Å²) in [7, 11) is 0. The van der Waals surface area contributed by atoms with E-state index >= 15 is 0 Å². The number of carbonyl (C=O) groups is 1. The molecule has 0 aromatic rings. The van der Waals surface area contributed by atoms with Gasteiger partial charge in [-0.3, -0.25) is 4.79 Å². The predicted octanol–water partition coefficient (Wildman–Crippen LogP) is 6.12. The summed E-state index contributed by atoms with van der Waals surface area (Å²) in [5.74, 6) is -0.778. The monoisotopic (exact) mass is 416 g/mol. The Kier molecular flexibility index (Phi) is 23.1. The van der Waals surface area contributed by atoms with Crippen LogP contribution in [0.15, 0.2) is 0 Å². The zero-order valence-electron chi connectivity index (χ0n) is 19.0. The van der Waals surface area contributed by atoms with Gasteiger partial charge in [0.1, 0.15) is 6.10 Å². The Labute approximate surface area is 179 Å². The minimum atomic E-state index is -0.778. The van der Waals surface area contributed by atoms with Crippen LogP contribution in [-0.4, -0.2) is 48.7 Å². The molecule has 0 saturated heterocycles. The largest absolute Gasteiger partial charge is 0.481 e. The highest BCUT2D eigenvalue weighted by molar-refractivity contribution is 5.66. The topological polar surface area (TPSA) is 76.0 Å². The molecule has 0 heterocycles. The maximum Gasteiger partial charge on any atom is 0.303 e.